The molecule has 0 amide bonds. The van der Waals surface area contributed by atoms with Crippen molar-refractivity contribution < 1.29 is 9.59 Å². The molecule has 0 aliphatic heterocycles. The number of aryl methyl sites for hydroxylation is 3. The van der Waals surface area contributed by atoms with Gasteiger partial charge in [-0.15, -0.1) is 0 Å². The van der Waals surface area contributed by atoms with Crippen LogP contribution in [0, 0.1) is 26.7 Å². The van der Waals surface area contributed by atoms with Crippen LogP contribution < -0.4 is 0 Å². The van der Waals surface area contributed by atoms with Gasteiger partial charge in [-0.3, -0.25) is 4.79 Å². The fourth-order valence-corrected chi connectivity index (χ4v) is 3.48. The van der Waals surface area contributed by atoms with Crippen molar-refractivity contribution in [2.45, 2.75) is 60.3 Å². The molecule has 2 nitrogen and oxygen atoms in total. The van der Waals surface area contributed by atoms with Crippen LogP contribution in [-0.4, -0.2) is 11.6 Å². The van der Waals surface area contributed by atoms with Crippen molar-refractivity contribution in [3.05, 3.63) is 46.5 Å². The number of benzene rings is 1. The number of carbonyl (C=O) groups excluding carboxylic acids is 2. The Kier molecular flexibility index (Phi) is 6.28. The van der Waals surface area contributed by atoms with E-state index in [1.807, 2.05) is 27.7 Å². The van der Waals surface area contributed by atoms with E-state index in [0.717, 1.165) is 22.3 Å². The number of ketones is 2. The summed E-state index contributed by atoms with van der Waals surface area (Å²) < 4.78 is 0. The maximum Gasteiger partial charge on any atom is 0.145 e. The van der Waals surface area contributed by atoms with Gasteiger partial charge in [0.1, 0.15) is 11.6 Å². The van der Waals surface area contributed by atoms with E-state index in [-0.39, 0.29) is 23.4 Å². The van der Waals surface area contributed by atoms with Gasteiger partial charge in [0.25, 0.3) is 0 Å². The standard InChI is InChI=1S/C18H22O2.C2H6/c1-10-6-11(2)17(12(3)7-10)18-14(5)15(8-13(4)19)9-16(18)20;1-2/h6-7,15,18H,5,8-9H2,1-4H3;1-2H3. The molecule has 0 radical (unpaired) electrons. The first-order valence-electron chi connectivity index (χ1n) is 8.09. The average molecular weight is 300 g/mol. The topological polar surface area (TPSA) is 34.1 Å². The summed E-state index contributed by atoms with van der Waals surface area (Å²) in [5.74, 6) is 0.128. The Morgan fingerprint density at radius 1 is 1.18 bits per heavy atom. The zero-order valence-corrected chi connectivity index (χ0v) is 14.7. The van der Waals surface area contributed by atoms with E-state index in [2.05, 4.69) is 25.6 Å². The Morgan fingerprint density at radius 3 is 2.14 bits per heavy atom. The van der Waals surface area contributed by atoms with Gasteiger partial charge < -0.3 is 4.79 Å². The molecule has 120 valence electrons. The highest BCUT2D eigenvalue weighted by Crippen LogP contribution is 2.43. The summed E-state index contributed by atoms with van der Waals surface area (Å²) in [4.78, 5) is 23.7. The summed E-state index contributed by atoms with van der Waals surface area (Å²) >= 11 is 0. The quantitative estimate of drug-likeness (QED) is 0.748. The van der Waals surface area contributed by atoms with Crippen LogP contribution >= 0.6 is 0 Å². The van der Waals surface area contributed by atoms with Crippen molar-refractivity contribution >= 4 is 11.6 Å². The minimum Gasteiger partial charge on any atom is -0.300 e. The van der Waals surface area contributed by atoms with Crippen molar-refractivity contribution in [3.8, 4) is 0 Å². The third-order valence-corrected chi connectivity index (χ3v) is 4.23. The van der Waals surface area contributed by atoms with E-state index in [0.29, 0.717) is 12.8 Å². The SMILES string of the molecule is C=C1C(CC(C)=O)CC(=O)C1c1c(C)cc(C)cc1C.CC. The zero-order chi connectivity index (χ0) is 17.0. The molecule has 1 saturated carbocycles. The lowest BCUT2D eigenvalue weighted by Crippen LogP contribution is -2.10. The molecule has 0 bridgehead atoms. The number of hydrogen-bond acceptors (Lipinski definition) is 2. The predicted molar refractivity (Wildman–Crippen MR) is 92.3 cm³/mol. The van der Waals surface area contributed by atoms with Crippen molar-refractivity contribution in [2.75, 3.05) is 0 Å². The van der Waals surface area contributed by atoms with Crippen LogP contribution in [-0.2, 0) is 9.59 Å². The molecule has 2 atom stereocenters. The third-order valence-electron chi connectivity index (χ3n) is 4.23. The number of hydrogen-bond donors (Lipinski definition) is 0. The summed E-state index contributed by atoms with van der Waals surface area (Å²) in [7, 11) is 0. The summed E-state index contributed by atoms with van der Waals surface area (Å²) in [5.41, 5.74) is 5.51. The molecular formula is C20H28O2. The Labute approximate surface area is 134 Å². The Hall–Kier alpha value is -1.70. The van der Waals surface area contributed by atoms with Gasteiger partial charge in [0.15, 0.2) is 0 Å². The Balaban J connectivity index is 0.00000116. The largest absolute Gasteiger partial charge is 0.300 e. The Bertz CT molecular complexity index is 573. The fourth-order valence-electron chi connectivity index (χ4n) is 3.48. The van der Waals surface area contributed by atoms with Gasteiger partial charge >= 0.3 is 0 Å². The first kappa shape index (κ1) is 18.3. The van der Waals surface area contributed by atoms with E-state index in [9.17, 15) is 9.59 Å². The molecule has 22 heavy (non-hydrogen) atoms. The molecule has 1 aliphatic carbocycles. The summed E-state index contributed by atoms with van der Waals surface area (Å²) in [6, 6.07) is 4.22. The number of rotatable bonds is 3. The molecule has 2 unspecified atom stereocenters. The molecular weight excluding hydrogens is 272 g/mol. The number of Topliss-reactive ketones (excluding diaryl/α,β-unsaturated/α-hetero) is 2. The van der Waals surface area contributed by atoms with Crippen LogP contribution in [0.1, 0.15) is 61.8 Å². The lowest BCUT2D eigenvalue weighted by Gasteiger charge is -2.19. The van der Waals surface area contributed by atoms with Crippen LogP contribution in [0.4, 0.5) is 0 Å². The zero-order valence-electron chi connectivity index (χ0n) is 14.7. The highest BCUT2D eigenvalue weighted by molar-refractivity contribution is 5.94. The predicted octanol–water partition coefficient (Wildman–Crippen LogP) is 4.85. The minimum absolute atomic E-state index is 0.0186. The number of allylic oxidation sites excluding steroid dienone is 1. The van der Waals surface area contributed by atoms with Gasteiger partial charge in [-0.2, -0.15) is 0 Å². The van der Waals surface area contributed by atoms with Crippen molar-refractivity contribution in [1.82, 2.24) is 0 Å². The van der Waals surface area contributed by atoms with Crippen LogP contribution in [0.3, 0.4) is 0 Å². The second kappa shape index (κ2) is 7.53. The molecule has 0 N–H and O–H groups in total. The van der Waals surface area contributed by atoms with Crippen LogP contribution in [0.5, 0.6) is 0 Å². The van der Waals surface area contributed by atoms with E-state index in [1.165, 1.54) is 5.56 Å². The molecule has 1 aromatic carbocycles. The van der Waals surface area contributed by atoms with Gasteiger partial charge in [0.05, 0.1) is 5.92 Å². The summed E-state index contributed by atoms with van der Waals surface area (Å²) in [6.07, 6.45) is 0.890. The van der Waals surface area contributed by atoms with Gasteiger partial charge in [-0.1, -0.05) is 43.7 Å². The maximum absolute atomic E-state index is 12.4. The van der Waals surface area contributed by atoms with Crippen LogP contribution in [0.15, 0.2) is 24.3 Å². The molecule has 2 heteroatoms. The molecule has 0 saturated heterocycles. The van der Waals surface area contributed by atoms with Crippen molar-refractivity contribution in [3.63, 3.8) is 0 Å². The third kappa shape index (κ3) is 3.73. The molecule has 1 fully saturated rings. The molecule has 0 heterocycles. The van der Waals surface area contributed by atoms with E-state index >= 15 is 0 Å². The number of carbonyl (C=O) groups is 2. The van der Waals surface area contributed by atoms with Crippen molar-refractivity contribution in [1.29, 1.82) is 0 Å². The van der Waals surface area contributed by atoms with Gasteiger partial charge in [-0.05, 0) is 50.3 Å². The van der Waals surface area contributed by atoms with Crippen LogP contribution in [0.25, 0.3) is 0 Å². The van der Waals surface area contributed by atoms with Crippen molar-refractivity contribution in [2.24, 2.45) is 5.92 Å². The lowest BCUT2D eigenvalue weighted by atomic mass is 9.84. The molecule has 2 rings (SSSR count). The highest BCUT2D eigenvalue weighted by atomic mass is 16.1. The normalized spacial score (nSPS) is 20.6. The fraction of sp³-hybridized carbons (Fsp3) is 0.500. The van der Waals surface area contributed by atoms with E-state index < -0.39 is 0 Å². The highest BCUT2D eigenvalue weighted by Gasteiger charge is 2.38. The lowest BCUT2D eigenvalue weighted by molar-refractivity contribution is -0.119. The van der Waals surface area contributed by atoms with Gasteiger partial charge in [-0.25, -0.2) is 0 Å². The maximum atomic E-state index is 12.4. The molecule has 1 aliphatic rings. The van der Waals surface area contributed by atoms with E-state index in [1.54, 1.807) is 6.92 Å². The average Bonchev–Trinajstić information content (AvgIpc) is 2.67. The van der Waals surface area contributed by atoms with Gasteiger partial charge in [0.2, 0.25) is 0 Å². The monoisotopic (exact) mass is 300 g/mol. The Morgan fingerprint density at radius 2 is 1.68 bits per heavy atom. The second-order valence-electron chi connectivity index (χ2n) is 6.09. The molecule has 1 aromatic rings. The first-order chi connectivity index (χ1) is 10.3. The van der Waals surface area contributed by atoms with Crippen LogP contribution in [0.2, 0.25) is 0 Å². The second-order valence-corrected chi connectivity index (χ2v) is 6.09. The smallest absolute Gasteiger partial charge is 0.145 e. The van der Waals surface area contributed by atoms with E-state index in [4.69, 9.17) is 0 Å². The molecule has 0 aromatic heterocycles. The summed E-state index contributed by atoms with van der Waals surface area (Å²) in [5, 5.41) is 0. The van der Waals surface area contributed by atoms with Gasteiger partial charge in [0, 0.05) is 12.8 Å². The minimum atomic E-state index is -0.222. The summed E-state index contributed by atoms with van der Waals surface area (Å²) in [6.45, 7) is 15.9. The first-order valence-corrected chi connectivity index (χ1v) is 8.09. The molecule has 0 spiro atoms.